The molecule has 1 N–H and O–H groups in total. The third-order valence-electron chi connectivity index (χ3n) is 2.91. The summed E-state index contributed by atoms with van der Waals surface area (Å²) in [5.41, 5.74) is 3.38. The van der Waals surface area contributed by atoms with Crippen molar-refractivity contribution in [3.8, 4) is 0 Å². The van der Waals surface area contributed by atoms with E-state index >= 15 is 0 Å². The quantitative estimate of drug-likeness (QED) is 0.578. The molecule has 0 fully saturated rings. The van der Waals surface area contributed by atoms with Crippen molar-refractivity contribution in [3.63, 3.8) is 0 Å². The molecular weight excluding hydrogens is 258 g/mol. The van der Waals surface area contributed by atoms with Crippen LogP contribution in [-0.4, -0.2) is 19.2 Å². The van der Waals surface area contributed by atoms with Crippen molar-refractivity contribution in [2.75, 3.05) is 19.0 Å². The van der Waals surface area contributed by atoms with Crippen LogP contribution in [0.3, 0.4) is 0 Å². The lowest BCUT2D eigenvalue weighted by Gasteiger charge is -2.11. The minimum atomic E-state index is 0.322. The van der Waals surface area contributed by atoms with E-state index in [-0.39, 0.29) is 0 Å². The summed E-state index contributed by atoms with van der Waals surface area (Å²) in [5, 5.41) is 9.32. The van der Waals surface area contributed by atoms with Crippen molar-refractivity contribution in [2.45, 2.75) is 20.3 Å². The summed E-state index contributed by atoms with van der Waals surface area (Å²) in [7, 11) is 4.07. The maximum atomic E-state index is 9.32. The Balaban J connectivity index is 2.70. The number of aliphatic hydroxyl groups excluding tert-OH is 1. The van der Waals surface area contributed by atoms with Crippen LogP contribution in [-0.2, 0) is 0 Å². The molecule has 0 saturated heterocycles. The zero-order valence-electron chi connectivity index (χ0n) is 13.4. The first-order chi connectivity index (χ1) is 10.0. The highest BCUT2D eigenvalue weighted by Crippen LogP contribution is 2.13. The second-order valence-electron chi connectivity index (χ2n) is 5.10. The molecule has 0 unspecified atom stereocenters. The lowest BCUT2D eigenvalue weighted by Crippen LogP contribution is -2.07. The first-order valence-corrected chi connectivity index (χ1v) is 7.22. The fourth-order valence-electron chi connectivity index (χ4n) is 1.87. The SMILES string of the molecule is CC/C=C(/C=C\C=C\c1ccc(N(C)C)cc1)\C=C(\C)O. The predicted molar refractivity (Wildman–Crippen MR) is 93.7 cm³/mol. The molecule has 2 heteroatoms. The van der Waals surface area contributed by atoms with Crippen LogP contribution in [0.5, 0.6) is 0 Å². The minimum Gasteiger partial charge on any atom is -0.513 e. The fraction of sp³-hybridized carbons (Fsp3) is 0.263. The fourth-order valence-corrected chi connectivity index (χ4v) is 1.87. The first kappa shape index (κ1) is 16.8. The maximum absolute atomic E-state index is 9.32. The van der Waals surface area contributed by atoms with Crippen molar-refractivity contribution in [1.82, 2.24) is 0 Å². The van der Waals surface area contributed by atoms with Gasteiger partial charge in [0.1, 0.15) is 0 Å². The van der Waals surface area contributed by atoms with Crippen LogP contribution in [0.4, 0.5) is 5.69 Å². The molecule has 0 aliphatic rings. The Kier molecular flexibility index (Phi) is 7.10. The van der Waals surface area contributed by atoms with Gasteiger partial charge in [-0.1, -0.05) is 49.4 Å². The molecule has 1 rings (SSSR count). The van der Waals surface area contributed by atoms with Crippen LogP contribution < -0.4 is 4.90 Å². The Morgan fingerprint density at radius 3 is 2.33 bits per heavy atom. The number of aliphatic hydroxyl groups is 1. The van der Waals surface area contributed by atoms with Crippen LogP contribution in [0.15, 0.2) is 66.0 Å². The summed E-state index contributed by atoms with van der Waals surface area (Å²) in [6.07, 6.45) is 12.8. The minimum absolute atomic E-state index is 0.322. The molecule has 112 valence electrons. The monoisotopic (exact) mass is 283 g/mol. The number of rotatable bonds is 6. The van der Waals surface area contributed by atoms with Gasteiger partial charge >= 0.3 is 0 Å². The van der Waals surface area contributed by atoms with Crippen LogP contribution in [0.2, 0.25) is 0 Å². The summed E-state index contributed by atoms with van der Waals surface area (Å²) in [6.45, 7) is 3.76. The summed E-state index contributed by atoms with van der Waals surface area (Å²) in [5.74, 6) is 0.322. The van der Waals surface area contributed by atoms with Crippen LogP contribution >= 0.6 is 0 Å². The highest BCUT2D eigenvalue weighted by molar-refractivity contribution is 5.56. The highest BCUT2D eigenvalue weighted by Gasteiger charge is 1.93. The topological polar surface area (TPSA) is 23.5 Å². The molecule has 2 nitrogen and oxygen atoms in total. The molecule has 0 aromatic heterocycles. The number of benzene rings is 1. The van der Waals surface area contributed by atoms with Gasteiger partial charge in [-0.3, -0.25) is 0 Å². The van der Waals surface area contributed by atoms with E-state index in [1.165, 1.54) is 11.3 Å². The van der Waals surface area contributed by atoms with Crippen molar-refractivity contribution >= 4 is 11.8 Å². The maximum Gasteiger partial charge on any atom is 0.0897 e. The van der Waals surface area contributed by atoms with Crippen molar-refractivity contribution < 1.29 is 5.11 Å². The van der Waals surface area contributed by atoms with E-state index in [4.69, 9.17) is 0 Å². The molecule has 0 aliphatic carbocycles. The summed E-state index contributed by atoms with van der Waals surface area (Å²) < 4.78 is 0. The number of hydrogen-bond donors (Lipinski definition) is 1. The van der Waals surface area contributed by atoms with Crippen molar-refractivity contribution in [1.29, 1.82) is 0 Å². The molecule has 21 heavy (non-hydrogen) atoms. The van der Waals surface area contributed by atoms with Gasteiger partial charge in [0, 0.05) is 19.8 Å². The third-order valence-corrected chi connectivity index (χ3v) is 2.91. The molecule has 1 aromatic carbocycles. The molecule has 0 saturated carbocycles. The second kappa shape index (κ2) is 8.85. The van der Waals surface area contributed by atoms with Gasteiger partial charge in [-0.15, -0.1) is 0 Å². The normalized spacial score (nSPS) is 13.3. The smallest absolute Gasteiger partial charge is 0.0897 e. The van der Waals surface area contributed by atoms with Gasteiger partial charge in [0.15, 0.2) is 0 Å². The molecule has 0 bridgehead atoms. The predicted octanol–water partition coefficient (Wildman–Crippen LogP) is 5.12. The van der Waals surface area contributed by atoms with Gasteiger partial charge in [0.2, 0.25) is 0 Å². The van der Waals surface area contributed by atoms with Crippen LogP contribution in [0.25, 0.3) is 6.08 Å². The second-order valence-corrected chi connectivity index (χ2v) is 5.10. The van der Waals surface area contributed by atoms with E-state index < -0.39 is 0 Å². The zero-order chi connectivity index (χ0) is 15.7. The third kappa shape index (κ3) is 6.66. The Morgan fingerprint density at radius 2 is 1.81 bits per heavy atom. The van der Waals surface area contributed by atoms with E-state index in [1.807, 2.05) is 32.3 Å². The highest BCUT2D eigenvalue weighted by atomic mass is 16.3. The average Bonchev–Trinajstić information content (AvgIpc) is 2.43. The van der Waals surface area contributed by atoms with Gasteiger partial charge < -0.3 is 10.0 Å². The van der Waals surface area contributed by atoms with E-state index in [0.29, 0.717) is 5.76 Å². The number of hydrogen-bond acceptors (Lipinski definition) is 2. The number of nitrogens with zero attached hydrogens (tertiary/aromatic N) is 1. The number of allylic oxidation sites excluding steroid dienone is 7. The van der Waals surface area contributed by atoms with Gasteiger partial charge in [-0.25, -0.2) is 0 Å². The average molecular weight is 283 g/mol. The van der Waals surface area contributed by atoms with Crippen molar-refractivity contribution in [2.24, 2.45) is 0 Å². The Labute approximate surface area is 128 Å². The zero-order valence-corrected chi connectivity index (χ0v) is 13.4. The lowest BCUT2D eigenvalue weighted by atomic mass is 10.1. The Bertz CT molecular complexity index is 541. The van der Waals surface area contributed by atoms with Crippen LogP contribution in [0.1, 0.15) is 25.8 Å². The van der Waals surface area contributed by atoms with Gasteiger partial charge in [0.25, 0.3) is 0 Å². The Morgan fingerprint density at radius 1 is 1.14 bits per heavy atom. The van der Waals surface area contributed by atoms with E-state index in [0.717, 1.165) is 12.0 Å². The standard InChI is InChI=1S/C19H25NO/c1-5-8-18(15-16(2)21)10-7-6-9-17-11-13-19(14-12-17)20(3)4/h6-15,21H,5H2,1-4H3/b9-6+,10-7-,16-15-,18-8-. The van der Waals surface area contributed by atoms with Crippen LogP contribution in [0, 0.1) is 0 Å². The molecule has 0 spiro atoms. The molecule has 0 aliphatic heterocycles. The van der Waals surface area contributed by atoms with Gasteiger partial charge in [-0.2, -0.15) is 0 Å². The molecule has 0 radical (unpaired) electrons. The molecule has 0 amide bonds. The summed E-state index contributed by atoms with van der Waals surface area (Å²) in [6, 6.07) is 8.40. The Hall–Kier alpha value is -2.22. The first-order valence-electron chi connectivity index (χ1n) is 7.22. The van der Waals surface area contributed by atoms with E-state index in [2.05, 4.69) is 48.2 Å². The van der Waals surface area contributed by atoms with Gasteiger partial charge in [-0.05, 0) is 42.7 Å². The van der Waals surface area contributed by atoms with Crippen molar-refractivity contribution in [3.05, 3.63) is 71.5 Å². The molecule has 0 atom stereocenters. The van der Waals surface area contributed by atoms with Gasteiger partial charge in [0.05, 0.1) is 5.76 Å². The van der Waals surface area contributed by atoms with E-state index in [1.54, 1.807) is 13.0 Å². The largest absolute Gasteiger partial charge is 0.513 e. The van der Waals surface area contributed by atoms with E-state index in [9.17, 15) is 5.11 Å². The molecular formula is C19H25NO. The molecule has 1 aromatic rings. The lowest BCUT2D eigenvalue weighted by molar-refractivity contribution is 0.414. The number of anilines is 1. The molecule has 0 heterocycles. The summed E-state index contributed by atoms with van der Waals surface area (Å²) in [4.78, 5) is 2.08. The summed E-state index contributed by atoms with van der Waals surface area (Å²) >= 11 is 0.